The molecule has 0 aliphatic heterocycles. The zero-order chi connectivity index (χ0) is 13.7. The molecule has 3 heteroatoms. The minimum absolute atomic E-state index is 0.182. The van der Waals surface area contributed by atoms with E-state index in [1.165, 1.54) is 0 Å². The maximum absolute atomic E-state index is 10.5. The van der Waals surface area contributed by atoms with Gasteiger partial charge in [-0.2, -0.15) is 0 Å². The van der Waals surface area contributed by atoms with Crippen LogP contribution in [0.4, 0.5) is 0 Å². The molecule has 3 N–H and O–H groups in total. The summed E-state index contributed by atoms with van der Waals surface area (Å²) in [5.74, 6) is 0.575. The van der Waals surface area contributed by atoms with Gasteiger partial charge >= 0.3 is 0 Å². The Balaban J connectivity index is 2.34. The van der Waals surface area contributed by atoms with Crippen molar-refractivity contribution in [1.82, 2.24) is 0 Å². The van der Waals surface area contributed by atoms with E-state index in [4.69, 9.17) is 10.5 Å². The second-order valence-electron chi connectivity index (χ2n) is 4.44. The molecule has 3 nitrogen and oxygen atoms in total. The van der Waals surface area contributed by atoms with Crippen LogP contribution in [0, 0.1) is 0 Å². The molecule has 0 fully saturated rings. The van der Waals surface area contributed by atoms with Crippen LogP contribution < -0.4 is 10.5 Å². The summed E-state index contributed by atoms with van der Waals surface area (Å²) < 4.78 is 5.35. The van der Waals surface area contributed by atoms with Crippen LogP contribution in [0.25, 0.3) is 0 Å². The Kier molecular flexibility index (Phi) is 4.55. The Morgan fingerprint density at radius 1 is 1.05 bits per heavy atom. The minimum atomic E-state index is -0.637. The van der Waals surface area contributed by atoms with E-state index in [0.29, 0.717) is 6.54 Å². The number of aliphatic hydroxyl groups excluding tert-OH is 1. The topological polar surface area (TPSA) is 55.5 Å². The molecule has 2 aromatic rings. The van der Waals surface area contributed by atoms with E-state index in [2.05, 4.69) is 0 Å². The summed E-state index contributed by atoms with van der Waals surface area (Å²) in [4.78, 5) is 0. The van der Waals surface area contributed by atoms with Gasteiger partial charge in [-0.1, -0.05) is 48.5 Å². The maximum atomic E-state index is 10.5. The molecule has 0 saturated carbocycles. The Bertz CT molecular complexity index is 513. The van der Waals surface area contributed by atoms with E-state index in [-0.39, 0.29) is 5.92 Å². The van der Waals surface area contributed by atoms with Crippen molar-refractivity contribution in [3.63, 3.8) is 0 Å². The first-order valence-electron chi connectivity index (χ1n) is 6.34. The first-order chi connectivity index (χ1) is 9.27. The van der Waals surface area contributed by atoms with E-state index < -0.39 is 6.10 Å². The molecule has 100 valence electrons. The zero-order valence-electron chi connectivity index (χ0n) is 11.0. The fourth-order valence-electron chi connectivity index (χ4n) is 2.28. The molecule has 2 rings (SSSR count). The number of nitrogens with two attached hydrogens (primary N) is 1. The molecule has 0 amide bonds. The van der Waals surface area contributed by atoms with Crippen molar-refractivity contribution in [2.75, 3.05) is 13.7 Å². The fourth-order valence-corrected chi connectivity index (χ4v) is 2.28. The van der Waals surface area contributed by atoms with Gasteiger partial charge in [0.05, 0.1) is 13.2 Å². The van der Waals surface area contributed by atoms with Crippen LogP contribution in [-0.4, -0.2) is 18.8 Å². The molecule has 0 bridgehead atoms. The molecule has 0 aliphatic carbocycles. The SMILES string of the molecule is COc1ccccc1C(CN)C(O)c1ccccc1. The molecule has 0 spiro atoms. The van der Waals surface area contributed by atoms with E-state index in [9.17, 15) is 5.11 Å². The van der Waals surface area contributed by atoms with Gasteiger partial charge in [0.1, 0.15) is 5.75 Å². The van der Waals surface area contributed by atoms with Crippen molar-refractivity contribution in [3.8, 4) is 5.75 Å². The van der Waals surface area contributed by atoms with Gasteiger partial charge in [-0.15, -0.1) is 0 Å². The van der Waals surface area contributed by atoms with Gasteiger partial charge < -0.3 is 15.6 Å². The number of benzene rings is 2. The summed E-state index contributed by atoms with van der Waals surface area (Å²) in [6.45, 7) is 0.358. The van der Waals surface area contributed by atoms with Crippen molar-refractivity contribution in [2.45, 2.75) is 12.0 Å². The predicted octanol–water partition coefficient (Wildman–Crippen LogP) is 2.47. The Hall–Kier alpha value is -1.84. The first kappa shape index (κ1) is 13.6. The number of aliphatic hydroxyl groups is 1. The van der Waals surface area contributed by atoms with Gasteiger partial charge in [-0.3, -0.25) is 0 Å². The highest BCUT2D eigenvalue weighted by atomic mass is 16.5. The van der Waals surface area contributed by atoms with Crippen LogP contribution in [0.1, 0.15) is 23.1 Å². The molecule has 0 aromatic heterocycles. The monoisotopic (exact) mass is 257 g/mol. The van der Waals surface area contributed by atoms with Gasteiger partial charge in [0.15, 0.2) is 0 Å². The van der Waals surface area contributed by atoms with Crippen molar-refractivity contribution in [1.29, 1.82) is 0 Å². The van der Waals surface area contributed by atoms with Gasteiger partial charge in [0.2, 0.25) is 0 Å². The van der Waals surface area contributed by atoms with Gasteiger partial charge in [0.25, 0.3) is 0 Å². The standard InChI is InChI=1S/C16H19NO2/c1-19-15-10-6-5-9-13(15)14(11-17)16(18)12-7-3-2-4-8-12/h2-10,14,16,18H,11,17H2,1H3. The van der Waals surface area contributed by atoms with Gasteiger partial charge in [-0.05, 0) is 11.6 Å². The van der Waals surface area contributed by atoms with Crippen molar-refractivity contribution in [2.24, 2.45) is 5.73 Å². The van der Waals surface area contributed by atoms with Crippen molar-refractivity contribution < 1.29 is 9.84 Å². The normalized spacial score (nSPS) is 13.8. The predicted molar refractivity (Wildman–Crippen MR) is 76.2 cm³/mol. The highest BCUT2D eigenvalue weighted by molar-refractivity contribution is 5.38. The summed E-state index contributed by atoms with van der Waals surface area (Å²) in [5.41, 5.74) is 7.65. The number of hydrogen-bond acceptors (Lipinski definition) is 3. The average molecular weight is 257 g/mol. The smallest absolute Gasteiger partial charge is 0.122 e. The molecule has 2 atom stereocenters. The van der Waals surface area contributed by atoms with E-state index >= 15 is 0 Å². The lowest BCUT2D eigenvalue weighted by molar-refractivity contribution is 0.146. The van der Waals surface area contributed by atoms with Crippen LogP contribution >= 0.6 is 0 Å². The highest BCUT2D eigenvalue weighted by Gasteiger charge is 2.23. The second-order valence-corrected chi connectivity index (χ2v) is 4.44. The third-order valence-corrected chi connectivity index (χ3v) is 3.31. The summed E-state index contributed by atoms with van der Waals surface area (Å²) in [6.07, 6.45) is -0.637. The minimum Gasteiger partial charge on any atom is -0.496 e. The first-order valence-corrected chi connectivity index (χ1v) is 6.34. The summed E-state index contributed by atoms with van der Waals surface area (Å²) >= 11 is 0. The molecule has 0 radical (unpaired) electrons. The second kappa shape index (κ2) is 6.36. The third-order valence-electron chi connectivity index (χ3n) is 3.31. The molecule has 2 aromatic carbocycles. The quantitative estimate of drug-likeness (QED) is 0.865. The van der Waals surface area contributed by atoms with Crippen LogP contribution in [0.5, 0.6) is 5.75 Å². The number of methoxy groups -OCH3 is 1. The summed E-state index contributed by atoms with van der Waals surface area (Å²) in [7, 11) is 1.63. The lowest BCUT2D eigenvalue weighted by Crippen LogP contribution is -2.20. The van der Waals surface area contributed by atoms with E-state index in [0.717, 1.165) is 16.9 Å². The van der Waals surface area contributed by atoms with E-state index in [1.807, 2.05) is 54.6 Å². The number of ether oxygens (including phenoxy) is 1. The summed E-state index contributed by atoms with van der Waals surface area (Å²) in [6, 6.07) is 17.2. The fraction of sp³-hybridized carbons (Fsp3) is 0.250. The number of rotatable bonds is 5. The molecule has 2 unspecified atom stereocenters. The van der Waals surface area contributed by atoms with Crippen LogP contribution in [0.3, 0.4) is 0 Å². The maximum Gasteiger partial charge on any atom is 0.122 e. The number of para-hydroxylation sites is 1. The molecule has 0 saturated heterocycles. The lowest BCUT2D eigenvalue weighted by atomic mass is 9.88. The van der Waals surface area contributed by atoms with Crippen LogP contribution in [-0.2, 0) is 0 Å². The Morgan fingerprint density at radius 2 is 1.68 bits per heavy atom. The van der Waals surface area contributed by atoms with Gasteiger partial charge in [0, 0.05) is 18.0 Å². The number of hydrogen-bond donors (Lipinski definition) is 2. The lowest BCUT2D eigenvalue weighted by Gasteiger charge is -2.24. The van der Waals surface area contributed by atoms with Crippen molar-refractivity contribution >= 4 is 0 Å². The van der Waals surface area contributed by atoms with E-state index in [1.54, 1.807) is 7.11 Å². The van der Waals surface area contributed by atoms with Gasteiger partial charge in [-0.25, -0.2) is 0 Å². The Labute approximate surface area is 113 Å². The molecule has 19 heavy (non-hydrogen) atoms. The third kappa shape index (κ3) is 2.95. The summed E-state index contributed by atoms with van der Waals surface area (Å²) in [5, 5.41) is 10.5. The van der Waals surface area contributed by atoms with Crippen molar-refractivity contribution in [3.05, 3.63) is 65.7 Å². The highest BCUT2D eigenvalue weighted by Crippen LogP contribution is 2.35. The molecule has 0 heterocycles. The largest absolute Gasteiger partial charge is 0.496 e. The zero-order valence-corrected chi connectivity index (χ0v) is 11.0. The average Bonchev–Trinajstić information content (AvgIpc) is 2.49. The molecular formula is C16H19NO2. The van der Waals surface area contributed by atoms with Crippen LogP contribution in [0.2, 0.25) is 0 Å². The Morgan fingerprint density at radius 3 is 2.32 bits per heavy atom. The van der Waals surface area contributed by atoms with Crippen LogP contribution in [0.15, 0.2) is 54.6 Å². The molecular weight excluding hydrogens is 238 g/mol. The molecule has 0 aliphatic rings.